The van der Waals surface area contributed by atoms with Crippen LogP contribution in [0, 0.1) is 0 Å². The van der Waals surface area contributed by atoms with E-state index in [-0.39, 0.29) is 0 Å². The number of benzene rings is 6. The summed E-state index contributed by atoms with van der Waals surface area (Å²) in [6.07, 6.45) is 0. The van der Waals surface area contributed by atoms with Gasteiger partial charge in [-0.15, -0.1) is 11.3 Å². The van der Waals surface area contributed by atoms with Crippen molar-refractivity contribution in [3.8, 4) is 22.6 Å². The smallest absolute Gasteiger partial charge is 0.160 e. The molecule has 6 aromatic carbocycles. The fraction of sp³-hybridized carbons (Fsp3) is 0. The predicted molar refractivity (Wildman–Crippen MR) is 180 cm³/mol. The van der Waals surface area contributed by atoms with Crippen LogP contribution in [0.4, 0.5) is 11.4 Å². The van der Waals surface area contributed by atoms with E-state index in [9.17, 15) is 0 Å². The molecule has 0 aliphatic rings. The summed E-state index contributed by atoms with van der Waals surface area (Å²) in [5, 5.41) is 9.36. The lowest BCUT2D eigenvalue weighted by molar-refractivity contribution is 0.669. The Morgan fingerprint density at radius 3 is 2.28 bits per heavy atom. The van der Waals surface area contributed by atoms with Crippen LogP contribution in [0.3, 0.4) is 0 Å². The minimum Gasteiger partial charge on any atom is -0.456 e. The molecule has 0 spiro atoms. The second kappa shape index (κ2) is 9.51. The van der Waals surface area contributed by atoms with E-state index < -0.39 is 0 Å². The number of rotatable bonds is 4. The zero-order valence-electron chi connectivity index (χ0n) is 22.9. The molecule has 5 heteroatoms. The minimum absolute atomic E-state index is 0.698. The summed E-state index contributed by atoms with van der Waals surface area (Å²) in [6.45, 7) is 0. The van der Waals surface area contributed by atoms with Gasteiger partial charge in [0.1, 0.15) is 11.2 Å². The number of furan rings is 1. The molecule has 43 heavy (non-hydrogen) atoms. The number of anilines is 2. The Morgan fingerprint density at radius 2 is 1.35 bits per heavy atom. The molecule has 3 heterocycles. The highest BCUT2D eigenvalue weighted by atomic mass is 32.1. The van der Waals surface area contributed by atoms with Crippen LogP contribution in [0.2, 0.25) is 0 Å². The van der Waals surface area contributed by atoms with Gasteiger partial charge in [0.2, 0.25) is 0 Å². The van der Waals surface area contributed by atoms with Crippen molar-refractivity contribution in [1.29, 1.82) is 0 Å². The highest BCUT2D eigenvalue weighted by Gasteiger charge is 2.15. The average molecular weight is 570 g/mol. The number of para-hydroxylation sites is 1. The Bertz CT molecular complexity index is 2490. The molecule has 0 radical (unpaired) electrons. The van der Waals surface area contributed by atoms with E-state index in [1.54, 1.807) is 0 Å². The Hall–Kier alpha value is -5.52. The molecule has 0 aliphatic heterocycles. The molecule has 1 N–H and O–H groups in total. The van der Waals surface area contributed by atoms with Crippen LogP contribution in [0.15, 0.2) is 138 Å². The van der Waals surface area contributed by atoms with Gasteiger partial charge in [-0.3, -0.25) is 0 Å². The second-order valence-corrected chi connectivity index (χ2v) is 11.8. The maximum absolute atomic E-state index is 6.34. The predicted octanol–water partition coefficient (Wildman–Crippen LogP) is 11.0. The van der Waals surface area contributed by atoms with Gasteiger partial charge >= 0.3 is 0 Å². The van der Waals surface area contributed by atoms with E-state index >= 15 is 0 Å². The first kappa shape index (κ1) is 24.1. The normalized spacial score (nSPS) is 11.7. The summed E-state index contributed by atoms with van der Waals surface area (Å²) in [6, 6.07) is 46.1. The van der Waals surface area contributed by atoms with Crippen LogP contribution < -0.4 is 5.32 Å². The summed E-state index contributed by atoms with van der Waals surface area (Å²) in [5.74, 6) is 0.698. The Labute approximate surface area is 250 Å². The highest BCUT2D eigenvalue weighted by molar-refractivity contribution is 7.26. The van der Waals surface area contributed by atoms with Gasteiger partial charge in [-0.2, -0.15) is 0 Å². The molecular formula is C38H23N3OS. The van der Waals surface area contributed by atoms with Crippen molar-refractivity contribution in [2.24, 2.45) is 0 Å². The van der Waals surface area contributed by atoms with Crippen LogP contribution >= 0.6 is 11.3 Å². The molecule has 202 valence electrons. The maximum Gasteiger partial charge on any atom is 0.160 e. The molecule has 0 fully saturated rings. The molecule has 3 aromatic heterocycles. The van der Waals surface area contributed by atoms with E-state index in [0.717, 1.165) is 61.0 Å². The van der Waals surface area contributed by atoms with Crippen LogP contribution in [-0.2, 0) is 0 Å². The molecule has 0 unspecified atom stereocenters. The quantitative estimate of drug-likeness (QED) is 0.229. The Kier molecular flexibility index (Phi) is 5.33. The van der Waals surface area contributed by atoms with Gasteiger partial charge in [-0.25, -0.2) is 9.97 Å². The fourth-order valence-electron chi connectivity index (χ4n) is 6.02. The van der Waals surface area contributed by atoms with Crippen molar-refractivity contribution in [2.45, 2.75) is 0 Å². The van der Waals surface area contributed by atoms with E-state index in [2.05, 4.69) is 90.2 Å². The number of hydrogen-bond donors (Lipinski definition) is 1. The van der Waals surface area contributed by atoms with E-state index in [1.165, 1.54) is 20.2 Å². The lowest BCUT2D eigenvalue weighted by atomic mass is 10.0. The van der Waals surface area contributed by atoms with Crippen LogP contribution in [0.25, 0.3) is 75.7 Å². The fourth-order valence-corrected chi connectivity index (χ4v) is 7.19. The Morgan fingerprint density at radius 1 is 0.535 bits per heavy atom. The molecule has 0 atom stereocenters. The van der Waals surface area contributed by atoms with Crippen molar-refractivity contribution >= 4 is 75.7 Å². The van der Waals surface area contributed by atoms with Crippen molar-refractivity contribution in [2.75, 3.05) is 5.32 Å². The van der Waals surface area contributed by atoms with Gasteiger partial charge in [0.25, 0.3) is 0 Å². The summed E-state index contributed by atoms with van der Waals surface area (Å²) >= 11 is 1.82. The third-order valence-corrected chi connectivity index (χ3v) is 9.28. The van der Waals surface area contributed by atoms with Crippen molar-refractivity contribution in [3.05, 3.63) is 133 Å². The molecule has 0 saturated heterocycles. The van der Waals surface area contributed by atoms with Gasteiger partial charge in [0.15, 0.2) is 5.82 Å². The first-order valence-corrected chi connectivity index (χ1v) is 15.1. The number of nitrogens with zero attached hydrogens (tertiary/aromatic N) is 2. The summed E-state index contributed by atoms with van der Waals surface area (Å²) in [7, 11) is 0. The molecule has 9 rings (SSSR count). The van der Waals surface area contributed by atoms with E-state index in [1.807, 2.05) is 59.9 Å². The van der Waals surface area contributed by atoms with E-state index in [4.69, 9.17) is 14.4 Å². The second-order valence-electron chi connectivity index (χ2n) is 10.7. The van der Waals surface area contributed by atoms with Crippen molar-refractivity contribution in [3.63, 3.8) is 0 Å². The zero-order valence-corrected chi connectivity index (χ0v) is 23.7. The van der Waals surface area contributed by atoms with Crippen LogP contribution in [-0.4, -0.2) is 9.97 Å². The number of aromatic nitrogens is 2. The lowest BCUT2D eigenvalue weighted by Gasteiger charge is -2.09. The number of fused-ring (bicyclic) bond motifs is 7. The molecule has 0 aliphatic carbocycles. The highest BCUT2D eigenvalue weighted by Crippen LogP contribution is 2.40. The molecular weight excluding hydrogens is 547 g/mol. The zero-order chi connectivity index (χ0) is 28.3. The molecule has 9 aromatic rings. The largest absolute Gasteiger partial charge is 0.456 e. The van der Waals surface area contributed by atoms with Gasteiger partial charge in [0, 0.05) is 54.5 Å². The maximum atomic E-state index is 6.34. The number of thiophene rings is 1. The van der Waals surface area contributed by atoms with Crippen LogP contribution in [0.5, 0.6) is 0 Å². The first-order valence-electron chi connectivity index (χ1n) is 14.2. The SMILES string of the molecule is c1ccc(-c2nc(-c3ccc4oc5cc(Nc6cccc7c6sc6ccccc67)ccc5c4c3)nc3ccccc23)cc1. The van der Waals surface area contributed by atoms with E-state index in [0.29, 0.717) is 5.82 Å². The minimum atomic E-state index is 0.698. The van der Waals surface area contributed by atoms with Gasteiger partial charge < -0.3 is 9.73 Å². The van der Waals surface area contributed by atoms with Gasteiger partial charge in [-0.1, -0.05) is 78.9 Å². The first-order chi connectivity index (χ1) is 21.3. The summed E-state index contributed by atoms with van der Waals surface area (Å²) in [4.78, 5) is 10.0. The van der Waals surface area contributed by atoms with Gasteiger partial charge in [0.05, 0.1) is 21.6 Å². The number of nitrogens with one attached hydrogen (secondary N) is 1. The molecule has 0 amide bonds. The van der Waals surface area contributed by atoms with Crippen LogP contribution in [0.1, 0.15) is 0 Å². The third-order valence-electron chi connectivity index (χ3n) is 8.06. The average Bonchev–Trinajstić information content (AvgIpc) is 3.63. The topological polar surface area (TPSA) is 51.0 Å². The molecule has 0 saturated carbocycles. The third kappa shape index (κ3) is 3.97. The van der Waals surface area contributed by atoms with Crippen molar-refractivity contribution < 1.29 is 4.42 Å². The van der Waals surface area contributed by atoms with Crippen molar-refractivity contribution in [1.82, 2.24) is 9.97 Å². The Balaban J connectivity index is 1.13. The summed E-state index contributed by atoms with van der Waals surface area (Å²) < 4.78 is 8.89. The molecule has 0 bridgehead atoms. The molecule has 4 nitrogen and oxygen atoms in total. The monoisotopic (exact) mass is 569 g/mol. The van der Waals surface area contributed by atoms with Gasteiger partial charge in [-0.05, 0) is 48.5 Å². The summed E-state index contributed by atoms with van der Waals surface area (Å²) in [5.41, 5.74) is 7.65. The standard InChI is InChI=1S/C38H23N3OS/c1-2-9-23(10-3-1)36-29-12-4-6-14-31(29)40-38(41-36)24-17-20-33-30(21-24)26-19-18-25(22-34(26)42-33)39-32-15-8-13-28-27-11-5-7-16-35(27)43-37(28)32/h1-22,39H. The number of hydrogen-bond acceptors (Lipinski definition) is 5. The lowest BCUT2D eigenvalue weighted by Crippen LogP contribution is -1.95.